The van der Waals surface area contributed by atoms with Gasteiger partial charge in [0.1, 0.15) is 17.5 Å². The lowest BCUT2D eigenvalue weighted by Crippen LogP contribution is -2.27. The van der Waals surface area contributed by atoms with Gasteiger partial charge >= 0.3 is 18.7 Å². The number of esters is 1. The molecule has 236 valence electrons. The molecule has 2 aromatic carbocycles. The van der Waals surface area contributed by atoms with E-state index in [-0.39, 0.29) is 45.0 Å². The van der Waals surface area contributed by atoms with E-state index in [1.807, 2.05) is 0 Å². The number of ether oxygens (including phenoxy) is 5. The summed E-state index contributed by atoms with van der Waals surface area (Å²) in [5.41, 5.74) is 0.369. The number of benzene rings is 2. The molecule has 1 atom stereocenters. The summed E-state index contributed by atoms with van der Waals surface area (Å²) in [7, 11) is 1.41. The first kappa shape index (κ1) is 33.1. The van der Waals surface area contributed by atoms with Gasteiger partial charge in [0.15, 0.2) is 11.5 Å². The van der Waals surface area contributed by atoms with Gasteiger partial charge in [-0.05, 0) is 81.0 Å². The lowest BCUT2D eigenvalue weighted by atomic mass is 10.0. The van der Waals surface area contributed by atoms with Crippen LogP contribution < -0.4 is 19.5 Å². The van der Waals surface area contributed by atoms with Crippen LogP contribution in [0.1, 0.15) is 61.2 Å². The van der Waals surface area contributed by atoms with Gasteiger partial charge in [-0.15, -0.1) is 0 Å². The number of nitrogens with one attached hydrogen (secondary N) is 1. The summed E-state index contributed by atoms with van der Waals surface area (Å²) in [6.45, 7) is 2.41. The third-order valence-corrected chi connectivity index (χ3v) is 7.04. The zero-order chi connectivity index (χ0) is 32.0. The van der Waals surface area contributed by atoms with E-state index in [1.165, 1.54) is 55.9 Å². The van der Waals surface area contributed by atoms with Gasteiger partial charge in [-0.3, -0.25) is 10.3 Å². The van der Waals surface area contributed by atoms with Crippen LogP contribution in [-0.4, -0.2) is 43.0 Å². The summed E-state index contributed by atoms with van der Waals surface area (Å²) in [4.78, 5) is 29.9. The first-order valence-electron chi connectivity index (χ1n) is 13.7. The maximum atomic E-state index is 13.5. The maximum absolute atomic E-state index is 13.5. The minimum Gasteiger partial charge on any atom is -0.495 e. The normalized spacial score (nSPS) is 13.7. The number of hydrogen-bond donors (Lipinski definition) is 1. The Kier molecular flexibility index (Phi) is 10.7. The molecular weight excluding hydrogens is 621 g/mol. The third kappa shape index (κ3) is 9.33. The van der Waals surface area contributed by atoms with Gasteiger partial charge in [-0.1, -0.05) is 29.3 Å². The van der Waals surface area contributed by atoms with E-state index in [9.17, 15) is 18.4 Å². The SMILES string of the molecule is COc1ccc(C(=O)OC(Cc2c(Cl)cncc2Cl)c2ccc(OC(F)F)c(OCC3CC3)c2)cc1NC(=O)OC(C)(C)C. The minimum absolute atomic E-state index is 0.0161. The number of rotatable bonds is 12. The third-order valence-electron chi connectivity index (χ3n) is 6.39. The average molecular weight is 654 g/mol. The number of anilines is 1. The van der Waals surface area contributed by atoms with Crippen LogP contribution in [0, 0.1) is 5.92 Å². The lowest BCUT2D eigenvalue weighted by Gasteiger charge is -2.22. The molecule has 1 N–H and O–H groups in total. The fraction of sp³-hybridized carbons (Fsp3) is 0.387. The number of hydrogen-bond acceptors (Lipinski definition) is 8. The molecule has 13 heteroatoms. The minimum atomic E-state index is -3.06. The van der Waals surface area contributed by atoms with Gasteiger partial charge in [-0.2, -0.15) is 8.78 Å². The van der Waals surface area contributed by atoms with Crippen LogP contribution in [0.2, 0.25) is 10.0 Å². The number of nitrogens with zero attached hydrogens (tertiary/aromatic N) is 1. The molecular formula is C31H32Cl2F2N2O7. The molecule has 0 bridgehead atoms. The Balaban J connectivity index is 1.67. The Bertz CT molecular complexity index is 1480. The van der Waals surface area contributed by atoms with Crippen molar-refractivity contribution in [2.24, 2.45) is 5.92 Å². The van der Waals surface area contributed by atoms with E-state index in [2.05, 4.69) is 15.0 Å². The molecule has 1 heterocycles. The van der Waals surface area contributed by atoms with Crippen molar-refractivity contribution >= 4 is 41.0 Å². The molecule has 44 heavy (non-hydrogen) atoms. The molecule has 0 aliphatic heterocycles. The molecule has 1 aromatic heterocycles. The average Bonchev–Trinajstić information content (AvgIpc) is 3.77. The highest BCUT2D eigenvalue weighted by Gasteiger charge is 2.27. The first-order valence-corrected chi connectivity index (χ1v) is 14.5. The molecule has 1 unspecified atom stereocenters. The Morgan fingerprint density at radius 2 is 1.70 bits per heavy atom. The van der Waals surface area contributed by atoms with Crippen molar-refractivity contribution in [1.29, 1.82) is 0 Å². The Morgan fingerprint density at radius 1 is 1.02 bits per heavy atom. The molecule has 0 spiro atoms. The fourth-order valence-electron chi connectivity index (χ4n) is 4.11. The highest BCUT2D eigenvalue weighted by atomic mass is 35.5. The molecule has 9 nitrogen and oxygen atoms in total. The van der Waals surface area contributed by atoms with Crippen molar-refractivity contribution in [3.05, 3.63) is 75.5 Å². The Morgan fingerprint density at radius 3 is 2.32 bits per heavy atom. The largest absolute Gasteiger partial charge is 0.495 e. The summed E-state index contributed by atoms with van der Waals surface area (Å²) >= 11 is 12.8. The van der Waals surface area contributed by atoms with Gasteiger partial charge in [0.25, 0.3) is 0 Å². The van der Waals surface area contributed by atoms with Crippen molar-refractivity contribution in [2.45, 2.75) is 58.4 Å². The number of carbonyl (C=O) groups excluding carboxylic acids is 2. The van der Waals surface area contributed by atoms with Crippen LogP contribution in [-0.2, 0) is 15.9 Å². The monoisotopic (exact) mass is 652 g/mol. The summed E-state index contributed by atoms with van der Waals surface area (Å²) in [5.74, 6) is -0.218. The maximum Gasteiger partial charge on any atom is 0.412 e. The quantitative estimate of drug-likeness (QED) is 0.195. The molecule has 3 aromatic rings. The van der Waals surface area contributed by atoms with Crippen LogP contribution in [0.3, 0.4) is 0 Å². The molecule has 1 saturated carbocycles. The van der Waals surface area contributed by atoms with Crippen molar-refractivity contribution in [3.8, 4) is 17.2 Å². The van der Waals surface area contributed by atoms with Gasteiger partial charge in [-0.25, -0.2) is 9.59 Å². The Hall–Kier alpha value is -3.83. The number of aromatic nitrogens is 1. The Labute approximate surface area is 263 Å². The number of amides is 1. The number of pyridine rings is 1. The van der Waals surface area contributed by atoms with Crippen LogP contribution in [0.25, 0.3) is 0 Å². The van der Waals surface area contributed by atoms with E-state index < -0.39 is 30.4 Å². The standard InChI is InChI=1S/C31H32Cl2F2N2O7/c1-31(2,3)44-30(39)37-23-11-19(8-9-24(23)40-4)28(38)42-26(13-20-21(32)14-36-15-22(20)33)18-7-10-25(43-29(34)35)27(12-18)41-16-17-5-6-17/h7-12,14-15,17,26,29H,5-6,13,16H2,1-4H3,(H,37,39). The van der Waals surface area contributed by atoms with Crippen LogP contribution >= 0.6 is 23.2 Å². The molecule has 0 radical (unpaired) electrons. The number of halogens is 4. The molecule has 1 aliphatic rings. The van der Waals surface area contributed by atoms with E-state index >= 15 is 0 Å². The molecule has 1 amide bonds. The van der Waals surface area contributed by atoms with Crippen molar-refractivity contribution in [1.82, 2.24) is 4.98 Å². The van der Waals surface area contributed by atoms with Gasteiger partial charge in [0, 0.05) is 18.8 Å². The van der Waals surface area contributed by atoms with Crippen molar-refractivity contribution in [2.75, 3.05) is 19.0 Å². The van der Waals surface area contributed by atoms with E-state index in [0.717, 1.165) is 12.8 Å². The van der Waals surface area contributed by atoms with Gasteiger partial charge in [0.05, 0.1) is 35.0 Å². The van der Waals surface area contributed by atoms with E-state index in [4.69, 9.17) is 42.1 Å². The predicted octanol–water partition coefficient (Wildman–Crippen LogP) is 8.28. The zero-order valence-electron chi connectivity index (χ0n) is 24.5. The summed E-state index contributed by atoms with van der Waals surface area (Å²) in [5, 5.41) is 3.07. The van der Waals surface area contributed by atoms with E-state index in [0.29, 0.717) is 23.7 Å². The highest BCUT2D eigenvalue weighted by molar-refractivity contribution is 6.35. The smallest absolute Gasteiger partial charge is 0.412 e. The van der Waals surface area contributed by atoms with Crippen molar-refractivity contribution < 1.29 is 42.1 Å². The van der Waals surface area contributed by atoms with Crippen LogP contribution in [0.5, 0.6) is 17.2 Å². The lowest BCUT2D eigenvalue weighted by molar-refractivity contribution is -0.0515. The van der Waals surface area contributed by atoms with Crippen LogP contribution in [0.15, 0.2) is 48.8 Å². The second kappa shape index (κ2) is 14.3. The van der Waals surface area contributed by atoms with Gasteiger partial charge in [0.2, 0.25) is 0 Å². The molecule has 4 rings (SSSR count). The number of alkyl halides is 2. The second-order valence-corrected chi connectivity index (χ2v) is 11.9. The zero-order valence-corrected chi connectivity index (χ0v) is 26.0. The summed E-state index contributed by atoms with van der Waals surface area (Å²) < 4.78 is 53.3. The summed E-state index contributed by atoms with van der Waals surface area (Å²) in [6, 6.07) is 8.66. The predicted molar refractivity (Wildman–Crippen MR) is 160 cm³/mol. The van der Waals surface area contributed by atoms with E-state index in [1.54, 1.807) is 20.8 Å². The number of carbonyl (C=O) groups is 2. The first-order chi connectivity index (χ1) is 20.8. The number of methoxy groups -OCH3 is 1. The summed E-state index contributed by atoms with van der Waals surface area (Å²) in [6.07, 6.45) is 3.04. The topological polar surface area (TPSA) is 105 Å². The van der Waals surface area contributed by atoms with Crippen molar-refractivity contribution in [3.63, 3.8) is 0 Å². The molecule has 0 saturated heterocycles. The fourth-order valence-corrected chi connectivity index (χ4v) is 4.63. The molecule has 1 aliphatic carbocycles. The van der Waals surface area contributed by atoms with Gasteiger partial charge < -0.3 is 23.7 Å². The van der Waals surface area contributed by atoms with Crippen LogP contribution in [0.4, 0.5) is 19.3 Å². The second-order valence-electron chi connectivity index (χ2n) is 11.1. The molecule has 1 fully saturated rings. The highest BCUT2D eigenvalue weighted by Crippen LogP contribution is 2.38.